The zero-order valence-electron chi connectivity index (χ0n) is 13.6. The van der Waals surface area contributed by atoms with Crippen molar-refractivity contribution in [2.75, 3.05) is 13.7 Å². The van der Waals surface area contributed by atoms with Crippen LogP contribution in [0.1, 0.15) is 21.5 Å². The van der Waals surface area contributed by atoms with Gasteiger partial charge < -0.3 is 26.1 Å². The molecule has 0 saturated carbocycles. The topological polar surface area (TPSA) is 133 Å². The van der Waals surface area contributed by atoms with Gasteiger partial charge in [-0.1, -0.05) is 12.1 Å². The van der Waals surface area contributed by atoms with Gasteiger partial charge >= 0.3 is 0 Å². The van der Waals surface area contributed by atoms with E-state index in [1.54, 1.807) is 36.7 Å². The lowest BCUT2D eigenvalue weighted by atomic mass is 10.1. The number of likely N-dealkylation sites (N-methyl/N-ethyl adjacent to an activating group) is 1. The SMILES string of the molecule is CNC(=O)COc1cc(C(=N)N)ccc1CNC(=O)c1cc[nH]c1.Cl. The zero-order chi connectivity index (χ0) is 17.5. The van der Waals surface area contributed by atoms with Gasteiger partial charge in [0.25, 0.3) is 11.8 Å². The molecule has 0 fully saturated rings. The first kappa shape index (κ1) is 20.0. The van der Waals surface area contributed by atoms with Crippen molar-refractivity contribution in [3.63, 3.8) is 0 Å². The molecule has 0 aliphatic heterocycles. The number of nitrogens with one attached hydrogen (secondary N) is 4. The molecule has 8 nitrogen and oxygen atoms in total. The molecule has 0 aliphatic carbocycles. The molecule has 2 aromatic rings. The van der Waals surface area contributed by atoms with Crippen LogP contribution in [0.3, 0.4) is 0 Å². The van der Waals surface area contributed by atoms with Gasteiger partial charge in [0.2, 0.25) is 0 Å². The first-order valence-corrected chi connectivity index (χ1v) is 7.23. The van der Waals surface area contributed by atoms with E-state index in [0.717, 1.165) is 0 Å². The molecule has 6 N–H and O–H groups in total. The average molecular weight is 366 g/mol. The zero-order valence-corrected chi connectivity index (χ0v) is 14.4. The number of amides is 2. The normalized spacial score (nSPS) is 9.64. The van der Waals surface area contributed by atoms with E-state index < -0.39 is 0 Å². The van der Waals surface area contributed by atoms with Crippen LogP contribution in [0.25, 0.3) is 0 Å². The minimum atomic E-state index is -0.287. The maximum absolute atomic E-state index is 12.0. The van der Waals surface area contributed by atoms with E-state index in [2.05, 4.69) is 15.6 Å². The Morgan fingerprint density at radius 3 is 2.64 bits per heavy atom. The van der Waals surface area contributed by atoms with Gasteiger partial charge in [0.15, 0.2) is 6.61 Å². The van der Waals surface area contributed by atoms with Crippen LogP contribution in [0.15, 0.2) is 36.7 Å². The van der Waals surface area contributed by atoms with E-state index in [9.17, 15) is 9.59 Å². The first-order valence-electron chi connectivity index (χ1n) is 7.23. The Labute approximate surface area is 151 Å². The monoisotopic (exact) mass is 365 g/mol. The highest BCUT2D eigenvalue weighted by Gasteiger charge is 2.11. The lowest BCUT2D eigenvalue weighted by molar-refractivity contribution is -0.122. The number of amidine groups is 1. The number of hydrogen-bond donors (Lipinski definition) is 5. The van der Waals surface area contributed by atoms with Gasteiger partial charge in [-0.2, -0.15) is 0 Å². The molecule has 0 aliphatic rings. The summed E-state index contributed by atoms with van der Waals surface area (Å²) in [6, 6.07) is 6.60. The molecule has 9 heteroatoms. The third kappa shape index (κ3) is 5.54. The maximum atomic E-state index is 12.0. The highest BCUT2D eigenvalue weighted by atomic mass is 35.5. The summed E-state index contributed by atoms with van der Waals surface area (Å²) in [6.07, 6.45) is 3.26. The lowest BCUT2D eigenvalue weighted by Gasteiger charge is -2.13. The molecule has 25 heavy (non-hydrogen) atoms. The number of H-pyrrole nitrogens is 1. The number of hydrogen-bond acceptors (Lipinski definition) is 4. The fourth-order valence-corrected chi connectivity index (χ4v) is 1.96. The fourth-order valence-electron chi connectivity index (χ4n) is 1.96. The third-order valence-electron chi connectivity index (χ3n) is 3.32. The van der Waals surface area contributed by atoms with Crippen molar-refractivity contribution in [2.24, 2.45) is 5.73 Å². The summed E-state index contributed by atoms with van der Waals surface area (Å²) in [5, 5.41) is 12.7. The summed E-state index contributed by atoms with van der Waals surface area (Å²) in [6.45, 7) is 0.0435. The Kier molecular flexibility index (Phi) is 7.48. The Bertz CT molecular complexity index is 746. The maximum Gasteiger partial charge on any atom is 0.257 e. The molecule has 1 aromatic heterocycles. The number of rotatable bonds is 7. The molecular formula is C16H20ClN5O3. The van der Waals surface area contributed by atoms with Crippen LogP contribution in [-0.2, 0) is 11.3 Å². The highest BCUT2D eigenvalue weighted by molar-refractivity contribution is 5.95. The number of carbonyl (C=O) groups is 2. The van der Waals surface area contributed by atoms with Crippen LogP contribution < -0.4 is 21.1 Å². The van der Waals surface area contributed by atoms with Crippen molar-refractivity contribution in [1.82, 2.24) is 15.6 Å². The van der Waals surface area contributed by atoms with Gasteiger partial charge in [-0.3, -0.25) is 15.0 Å². The van der Waals surface area contributed by atoms with E-state index in [0.29, 0.717) is 22.4 Å². The van der Waals surface area contributed by atoms with Gasteiger partial charge in [-0.15, -0.1) is 12.4 Å². The van der Waals surface area contributed by atoms with Gasteiger partial charge in [-0.05, 0) is 12.1 Å². The summed E-state index contributed by atoms with van der Waals surface area (Å²) in [5.74, 6) is -0.238. The van der Waals surface area contributed by atoms with Gasteiger partial charge in [0.1, 0.15) is 11.6 Å². The quantitative estimate of drug-likeness (QED) is 0.366. The number of nitrogen functional groups attached to an aromatic ring is 1. The molecule has 2 amide bonds. The van der Waals surface area contributed by atoms with Crippen molar-refractivity contribution in [3.8, 4) is 5.75 Å². The van der Waals surface area contributed by atoms with E-state index in [-0.39, 0.29) is 43.2 Å². The average Bonchev–Trinajstić information content (AvgIpc) is 3.12. The van der Waals surface area contributed by atoms with Crippen LogP contribution in [0.2, 0.25) is 0 Å². The molecule has 2 rings (SSSR count). The van der Waals surface area contributed by atoms with Crippen LogP contribution >= 0.6 is 12.4 Å². The first-order chi connectivity index (χ1) is 11.5. The number of aromatic nitrogens is 1. The minimum absolute atomic E-state index is 0. The molecule has 1 aromatic carbocycles. The number of aromatic amines is 1. The number of halogens is 1. The highest BCUT2D eigenvalue weighted by Crippen LogP contribution is 2.20. The van der Waals surface area contributed by atoms with Crippen LogP contribution in [-0.4, -0.2) is 36.3 Å². The van der Waals surface area contributed by atoms with Crippen LogP contribution in [0.5, 0.6) is 5.75 Å². The number of ether oxygens (including phenoxy) is 1. The smallest absolute Gasteiger partial charge is 0.257 e. The predicted octanol–water partition coefficient (Wildman–Crippen LogP) is 0.775. The summed E-state index contributed by atoms with van der Waals surface area (Å²) < 4.78 is 5.48. The summed E-state index contributed by atoms with van der Waals surface area (Å²) in [4.78, 5) is 26.2. The predicted molar refractivity (Wildman–Crippen MR) is 96.2 cm³/mol. The molecule has 0 atom stereocenters. The second kappa shape index (κ2) is 9.33. The molecule has 0 bridgehead atoms. The Hall–Kier alpha value is -3.00. The number of nitrogens with two attached hydrogens (primary N) is 1. The second-order valence-corrected chi connectivity index (χ2v) is 4.98. The summed E-state index contributed by atoms with van der Waals surface area (Å²) in [7, 11) is 1.51. The van der Waals surface area contributed by atoms with E-state index >= 15 is 0 Å². The number of benzene rings is 1. The second-order valence-electron chi connectivity index (χ2n) is 4.98. The van der Waals surface area contributed by atoms with Crippen LogP contribution in [0.4, 0.5) is 0 Å². The van der Waals surface area contributed by atoms with E-state index in [1.165, 1.54) is 7.05 Å². The molecule has 0 spiro atoms. The van der Waals surface area contributed by atoms with Gasteiger partial charge in [-0.25, -0.2) is 0 Å². The minimum Gasteiger partial charge on any atom is -0.483 e. The van der Waals surface area contributed by atoms with Crippen molar-refractivity contribution in [3.05, 3.63) is 53.3 Å². The molecule has 0 saturated heterocycles. The number of carbonyl (C=O) groups excluding carboxylic acids is 2. The lowest BCUT2D eigenvalue weighted by Crippen LogP contribution is -2.26. The molecular weight excluding hydrogens is 346 g/mol. The molecule has 134 valence electrons. The van der Waals surface area contributed by atoms with Crippen molar-refractivity contribution in [1.29, 1.82) is 5.41 Å². The molecule has 0 unspecified atom stereocenters. The van der Waals surface area contributed by atoms with Gasteiger partial charge in [0.05, 0.1) is 5.56 Å². The Morgan fingerprint density at radius 1 is 1.28 bits per heavy atom. The van der Waals surface area contributed by atoms with Crippen molar-refractivity contribution < 1.29 is 14.3 Å². The largest absolute Gasteiger partial charge is 0.483 e. The van der Waals surface area contributed by atoms with Gasteiger partial charge in [0, 0.05) is 37.1 Å². The summed E-state index contributed by atoms with van der Waals surface area (Å²) >= 11 is 0. The van der Waals surface area contributed by atoms with Crippen molar-refractivity contribution in [2.45, 2.75) is 6.54 Å². The standard InChI is InChI=1S/C16H19N5O3.ClH/c1-19-14(22)9-24-13-6-10(15(17)18)2-3-11(13)8-21-16(23)12-4-5-20-7-12;/h2-7,20H,8-9H2,1H3,(H3,17,18)(H,19,22)(H,21,23);1H. The van der Waals surface area contributed by atoms with E-state index in [1.807, 2.05) is 0 Å². The van der Waals surface area contributed by atoms with Crippen molar-refractivity contribution >= 4 is 30.1 Å². The Balaban J connectivity index is 0.00000312. The molecule has 0 radical (unpaired) electrons. The Morgan fingerprint density at radius 2 is 2.04 bits per heavy atom. The van der Waals surface area contributed by atoms with E-state index in [4.69, 9.17) is 15.9 Å². The summed E-state index contributed by atoms with van der Waals surface area (Å²) in [5.41, 5.74) is 7.14. The van der Waals surface area contributed by atoms with Crippen LogP contribution in [0, 0.1) is 5.41 Å². The molecule has 1 heterocycles. The third-order valence-corrected chi connectivity index (χ3v) is 3.32. The fraction of sp³-hybridized carbons (Fsp3) is 0.188.